The van der Waals surface area contributed by atoms with E-state index >= 15 is 0 Å². The highest BCUT2D eigenvalue weighted by molar-refractivity contribution is 6.20. The van der Waals surface area contributed by atoms with Crippen LogP contribution < -0.4 is 0 Å². The Morgan fingerprint density at radius 2 is 1.23 bits per heavy atom. The molecule has 0 aromatic heterocycles. The maximum atomic E-state index is 13.5. The fourth-order valence-electron chi connectivity index (χ4n) is 7.59. The average Bonchev–Trinajstić information content (AvgIpc) is 2.87. The molecule has 0 spiro atoms. The summed E-state index contributed by atoms with van der Waals surface area (Å²) in [4.78, 5) is 52.8. The minimum Gasteiger partial charge on any atom is -0.507 e. The molecule has 0 amide bonds. The molecule has 6 rings (SSSR count). The van der Waals surface area contributed by atoms with Gasteiger partial charge in [0.05, 0.1) is 44.9 Å². The number of Topliss-reactive ketones (excluding diaryl/α,β-unsaturated/α-hetero) is 4. The topological polar surface area (TPSA) is 190 Å². The molecule has 4 aromatic rings. The summed E-state index contributed by atoms with van der Waals surface area (Å²) in [6, 6.07) is 8.44. The molecule has 0 unspecified atom stereocenters. The van der Waals surface area contributed by atoms with Gasteiger partial charge in [-0.1, -0.05) is 18.2 Å². The first-order valence-electron chi connectivity index (χ1n) is 14.0. The summed E-state index contributed by atoms with van der Waals surface area (Å²) in [5, 5.41) is 67.3. The largest absolute Gasteiger partial charge is 0.507 e. The number of aliphatic hydroxyl groups is 2. The number of ketones is 4. The zero-order valence-corrected chi connectivity index (χ0v) is 24.3. The molecule has 2 aliphatic carbocycles. The van der Waals surface area contributed by atoms with Gasteiger partial charge >= 0.3 is 0 Å². The van der Waals surface area contributed by atoms with E-state index in [2.05, 4.69) is 0 Å². The highest BCUT2D eigenvalue weighted by Crippen LogP contribution is 2.55. The van der Waals surface area contributed by atoms with E-state index in [1.165, 1.54) is 58.0 Å². The summed E-state index contributed by atoms with van der Waals surface area (Å²) in [5.74, 6) is -6.79. The van der Waals surface area contributed by atoms with Crippen LogP contribution in [0.1, 0.15) is 84.2 Å². The van der Waals surface area contributed by atoms with E-state index in [0.29, 0.717) is 0 Å². The van der Waals surface area contributed by atoms with Crippen LogP contribution in [0.3, 0.4) is 0 Å². The van der Waals surface area contributed by atoms with E-state index in [0.717, 1.165) is 0 Å². The van der Waals surface area contributed by atoms with E-state index in [-0.39, 0.29) is 60.7 Å². The normalized spacial score (nSPS) is 24.8. The van der Waals surface area contributed by atoms with Gasteiger partial charge < -0.3 is 30.6 Å². The summed E-state index contributed by atoms with van der Waals surface area (Å²) < 4.78 is 0. The van der Waals surface area contributed by atoms with Crippen molar-refractivity contribution in [2.45, 2.75) is 63.6 Å². The van der Waals surface area contributed by atoms with Gasteiger partial charge in [0, 0.05) is 12.8 Å². The third kappa shape index (κ3) is 3.87. The lowest BCUT2D eigenvalue weighted by Gasteiger charge is -2.39. The first-order valence-corrected chi connectivity index (χ1v) is 14.0. The van der Waals surface area contributed by atoms with Crippen LogP contribution in [0.15, 0.2) is 36.4 Å². The number of hydrogen-bond donors (Lipinski definition) is 6. The van der Waals surface area contributed by atoms with Gasteiger partial charge in [0.2, 0.25) is 0 Å². The van der Waals surface area contributed by atoms with Gasteiger partial charge in [0.25, 0.3) is 0 Å². The van der Waals surface area contributed by atoms with Gasteiger partial charge in [-0.2, -0.15) is 0 Å². The van der Waals surface area contributed by atoms with Crippen molar-refractivity contribution < 1.29 is 49.8 Å². The molecule has 0 radical (unpaired) electrons. The molecule has 44 heavy (non-hydrogen) atoms. The smallest absolute Gasteiger partial charge is 0.169 e. The summed E-state index contributed by atoms with van der Waals surface area (Å²) in [6.07, 6.45) is -0.935. The van der Waals surface area contributed by atoms with Gasteiger partial charge in [0.1, 0.15) is 34.6 Å². The molecule has 0 fully saturated rings. The number of hydrogen-bond acceptors (Lipinski definition) is 10. The van der Waals surface area contributed by atoms with Crippen molar-refractivity contribution in [3.63, 3.8) is 0 Å². The van der Waals surface area contributed by atoms with Gasteiger partial charge in [-0.15, -0.1) is 0 Å². The molecule has 0 saturated heterocycles. The quantitative estimate of drug-likeness (QED) is 0.196. The SMILES string of the molecule is CC(=O)[C@H]1c2cc3c(-c4c5c(c(O)c6c(O)cccc46)C(=O)C[C@](C)(O)[C@H]5C(C)=O)ccc(O)c3c(O)c2C(=O)C[C@]1(C)O. The molecule has 4 atom stereocenters. The first kappa shape index (κ1) is 29.3. The Kier molecular flexibility index (Phi) is 6.22. The highest BCUT2D eigenvalue weighted by atomic mass is 16.3. The number of benzene rings is 4. The third-order valence-electron chi connectivity index (χ3n) is 9.13. The molecule has 226 valence electrons. The minimum absolute atomic E-state index is 0.00950. The molecule has 0 aliphatic heterocycles. The molecule has 10 nitrogen and oxygen atoms in total. The lowest BCUT2D eigenvalue weighted by Crippen LogP contribution is -2.43. The lowest BCUT2D eigenvalue weighted by atomic mass is 9.66. The molecule has 6 N–H and O–H groups in total. The van der Waals surface area contributed by atoms with Crippen molar-refractivity contribution in [3.8, 4) is 34.1 Å². The van der Waals surface area contributed by atoms with Crippen LogP contribution in [-0.2, 0) is 9.59 Å². The van der Waals surface area contributed by atoms with E-state index in [1.54, 1.807) is 6.07 Å². The third-order valence-corrected chi connectivity index (χ3v) is 9.13. The maximum absolute atomic E-state index is 13.5. The summed E-state index contributed by atoms with van der Waals surface area (Å²) >= 11 is 0. The van der Waals surface area contributed by atoms with Gasteiger partial charge in [0.15, 0.2) is 11.6 Å². The Balaban J connectivity index is 1.87. The summed E-state index contributed by atoms with van der Waals surface area (Å²) in [7, 11) is 0. The van der Waals surface area contributed by atoms with Crippen LogP contribution in [0.2, 0.25) is 0 Å². The zero-order valence-electron chi connectivity index (χ0n) is 24.3. The van der Waals surface area contributed by atoms with Crippen LogP contribution in [0.5, 0.6) is 23.0 Å². The second-order valence-electron chi connectivity index (χ2n) is 12.5. The molecule has 0 bridgehead atoms. The van der Waals surface area contributed by atoms with Crippen molar-refractivity contribution in [2.75, 3.05) is 0 Å². The number of rotatable bonds is 3. The second-order valence-corrected chi connectivity index (χ2v) is 12.5. The van der Waals surface area contributed by atoms with Crippen molar-refractivity contribution in [3.05, 3.63) is 58.7 Å². The van der Waals surface area contributed by atoms with Crippen LogP contribution >= 0.6 is 0 Å². The lowest BCUT2D eigenvalue weighted by molar-refractivity contribution is -0.125. The van der Waals surface area contributed by atoms with Crippen molar-refractivity contribution in [1.82, 2.24) is 0 Å². The van der Waals surface area contributed by atoms with E-state index in [9.17, 15) is 49.8 Å². The van der Waals surface area contributed by atoms with Gasteiger partial charge in [-0.3, -0.25) is 19.2 Å². The highest BCUT2D eigenvalue weighted by Gasteiger charge is 2.49. The van der Waals surface area contributed by atoms with Crippen molar-refractivity contribution in [2.24, 2.45) is 0 Å². The van der Waals surface area contributed by atoms with E-state index < -0.39 is 76.3 Å². The summed E-state index contributed by atoms with van der Waals surface area (Å²) in [5.41, 5.74) is -3.76. The second kappa shape index (κ2) is 9.35. The van der Waals surface area contributed by atoms with E-state index in [1.807, 2.05) is 0 Å². The Hall–Kier alpha value is -4.80. The molecule has 0 heterocycles. The van der Waals surface area contributed by atoms with Crippen molar-refractivity contribution >= 4 is 44.7 Å². The first-order chi connectivity index (χ1) is 20.5. The van der Waals surface area contributed by atoms with Crippen LogP contribution in [0, 0.1) is 0 Å². The predicted octanol–water partition coefficient (Wildman–Crippen LogP) is 4.50. The number of carbonyl (C=O) groups excluding carboxylic acids is 4. The Morgan fingerprint density at radius 1 is 0.705 bits per heavy atom. The number of fused-ring (bicyclic) bond motifs is 4. The number of phenolic OH excluding ortho intramolecular Hbond substituents is 4. The average molecular weight is 599 g/mol. The molecule has 2 aliphatic rings. The van der Waals surface area contributed by atoms with Crippen LogP contribution in [0.4, 0.5) is 0 Å². The molecule has 4 aromatic carbocycles. The zero-order chi connectivity index (χ0) is 32.2. The van der Waals surface area contributed by atoms with E-state index in [4.69, 9.17) is 0 Å². The molecular weight excluding hydrogens is 568 g/mol. The van der Waals surface area contributed by atoms with Crippen molar-refractivity contribution in [1.29, 1.82) is 0 Å². The number of phenols is 4. The summed E-state index contributed by atoms with van der Waals surface area (Å²) in [6.45, 7) is 5.19. The fraction of sp³-hybridized carbons (Fsp3) is 0.294. The standard InChI is InChI=1S/C34H30O10/c1-13(35)29-18-10-17-15(8-9-20(38)25(17)31(41)26(18)21(39)11-33(29,3)43)23-16-6-5-7-19(37)24(16)32(42)27-22(40)12-34(4,44)30(14(2)36)28(23)27/h5-10,29-30,37-38,41-44H,11-12H2,1-4H3/t29-,30-,33-,34-/m0/s1. The van der Waals surface area contributed by atoms with Gasteiger partial charge in [-0.05, 0) is 78.9 Å². The Bertz CT molecular complexity index is 2020. The molecule has 0 saturated carbocycles. The maximum Gasteiger partial charge on any atom is 0.169 e. The minimum atomic E-state index is -1.86. The Morgan fingerprint density at radius 3 is 1.84 bits per heavy atom. The van der Waals surface area contributed by atoms with Crippen LogP contribution in [0.25, 0.3) is 32.7 Å². The monoisotopic (exact) mass is 598 g/mol. The number of aromatic hydroxyl groups is 4. The predicted molar refractivity (Wildman–Crippen MR) is 160 cm³/mol. The molecular formula is C34H30O10. The number of carbonyl (C=O) groups is 4. The van der Waals surface area contributed by atoms with Gasteiger partial charge in [-0.25, -0.2) is 0 Å². The Labute approximate surface area is 250 Å². The molecule has 10 heteroatoms. The van der Waals surface area contributed by atoms with Crippen LogP contribution in [-0.4, -0.2) is 65.0 Å². The fourth-order valence-corrected chi connectivity index (χ4v) is 7.59.